The lowest BCUT2D eigenvalue weighted by molar-refractivity contribution is -0.136. The second kappa shape index (κ2) is 5.12. The lowest BCUT2D eigenvalue weighted by Gasteiger charge is -2.19. The van der Waals surface area contributed by atoms with Crippen molar-refractivity contribution >= 4 is 11.9 Å². The smallest absolute Gasteiger partial charge is 0.305 e. The Morgan fingerprint density at radius 1 is 1.47 bits per heavy atom. The molecule has 0 amide bonds. The zero-order valence-electron chi connectivity index (χ0n) is 10.0. The van der Waals surface area contributed by atoms with Gasteiger partial charge in [-0.2, -0.15) is 0 Å². The van der Waals surface area contributed by atoms with Gasteiger partial charge in [0.15, 0.2) is 0 Å². The second-order valence-corrected chi connectivity index (χ2v) is 4.41. The maximum Gasteiger partial charge on any atom is 0.305 e. The number of hydrogen-bond acceptors (Lipinski definition) is 4. The number of aryl methyl sites for hydroxylation is 2. The highest BCUT2D eigenvalue weighted by Crippen LogP contribution is 2.20. The quantitative estimate of drug-likeness (QED) is 0.851. The standard InChI is InChI=1S/C12H17N3O2/c1-15(7-6-11(16)17)12-13-8-9-4-2-3-5-10(9)14-12/h8H,2-7H2,1H3,(H,16,17). The first-order valence-electron chi connectivity index (χ1n) is 5.94. The van der Waals surface area contributed by atoms with Crippen LogP contribution in [0.1, 0.15) is 30.5 Å². The molecule has 17 heavy (non-hydrogen) atoms. The van der Waals surface area contributed by atoms with E-state index < -0.39 is 5.97 Å². The molecule has 1 N–H and O–H groups in total. The lowest BCUT2D eigenvalue weighted by atomic mass is 9.98. The number of fused-ring (bicyclic) bond motifs is 1. The fraction of sp³-hybridized carbons (Fsp3) is 0.583. The van der Waals surface area contributed by atoms with E-state index in [1.165, 1.54) is 18.4 Å². The number of aromatic nitrogens is 2. The molecule has 5 nitrogen and oxygen atoms in total. The molecule has 1 aliphatic rings. The Morgan fingerprint density at radius 3 is 3.00 bits per heavy atom. The molecule has 0 radical (unpaired) electrons. The Morgan fingerprint density at radius 2 is 2.24 bits per heavy atom. The Hall–Kier alpha value is -1.65. The van der Waals surface area contributed by atoms with E-state index in [-0.39, 0.29) is 6.42 Å². The van der Waals surface area contributed by atoms with Crippen LogP contribution >= 0.6 is 0 Å². The molecule has 5 heteroatoms. The van der Waals surface area contributed by atoms with Crippen molar-refractivity contribution in [3.63, 3.8) is 0 Å². The van der Waals surface area contributed by atoms with Crippen molar-refractivity contribution in [2.24, 2.45) is 0 Å². The van der Waals surface area contributed by atoms with E-state index in [1.807, 2.05) is 13.2 Å². The van der Waals surface area contributed by atoms with Gasteiger partial charge >= 0.3 is 5.97 Å². The van der Waals surface area contributed by atoms with Crippen LogP contribution in [-0.4, -0.2) is 34.6 Å². The molecule has 0 unspecified atom stereocenters. The Bertz CT molecular complexity index is 420. The van der Waals surface area contributed by atoms with Gasteiger partial charge in [0.2, 0.25) is 5.95 Å². The number of anilines is 1. The number of carboxylic acid groups (broad SMARTS) is 1. The van der Waals surface area contributed by atoms with Crippen molar-refractivity contribution in [2.45, 2.75) is 32.1 Å². The van der Waals surface area contributed by atoms with Gasteiger partial charge < -0.3 is 10.0 Å². The minimum Gasteiger partial charge on any atom is -0.481 e. The Labute approximate surface area is 100 Å². The van der Waals surface area contributed by atoms with E-state index >= 15 is 0 Å². The third kappa shape index (κ3) is 2.93. The number of hydrogen-bond donors (Lipinski definition) is 1. The fourth-order valence-corrected chi connectivity index (χ4v) is 2.01. The molecule has 1 aliphatic carbocycles. The van der Waals surface area contributed by atoms with Crippen LogP contribution < -0.4 is 4.90 Å². The van der Waals surface area contributed by atoms with Crippen molar-refractivity contribution in [1.29, 1.82) is 0 Å². The molecule has 0 spiro atoms. The number of aliphatic carboxylic acids is 1. The van der Waals surface area contributed by atoms with Crippen molar-refractivity contribution in [1.82, 2.24) is 9.97 Å². The molecule has 0 fully saturated rings. The van der Waals surface area contributed by atoms with Crippen LogP contribution in [0.5, 0.6) is 0 Å². The molecule has 2 rings (SSSR count). The lowest BCUT2D eigenvalue weighted by Crippen LogP contribution is -2.24. The van der Waals surface area contributed by atoms with E-state index in [2.05, 4.69) is 9.97 Å². The van der Waals surface area contributed by atoms with Gasteiger partial charge in [0, 0.05) is 25.5 Å². The molecule has 1 aromatic heterocycles. The summed E-state index contributed by atoms with van der Waals surface area (Å²) < 4.78 is 0. The topological polar surface area (TPSA) is 66.3 Å². The second-order valence-electron chi connectivity index (χ2n) is 4.41. The van der Waals surface area contributed by atoms with Gasteiger partial charge in [-0.05, 0) is 31.2 Å². The van der Waals surface area contributed by atoms with Gasteiger partial charge in [-0.1, -0.05) is 0 Å². The van der Waals surface area contributed by atoms with Crippen molar-refractivity contribution in [2.75, 3.05) is 18.5 Å². The summed E-state index contributed by atoms with van der Waals surface area (Å²) in [5.41, 5.74) is 2.37. The highest BCUT2D eigenvalue weighted by molar-refractivity contribution is 5.67. The predicted molar refractivity (Wildman–Crippen MR) is 64.2 cm³/mol. The third-order valence-electron chi connectivity index (χ3n) is 3.05. The van der Waals surface area contributed by atoms with Crippen molar-refractivity contribution in [3.05, 3.63) is 17.5 Å². The van der Waals surface area contributed by atoms with Crippen LogP contribution in [0.2, 0.25) is 0 Å². The molecular weight excluding hydrogens is 218 g/mol. The molecule has 0 saturated carbocycles. The molecule has 0 aromatic carbocycles. The number of rotatable bonds is 4. The summed E-state index contributed by atoms with van der Waals surface area (Å²) in [4.78, 5) is 21.1. The molecular formula is C12H17N3O2. The first-order valence-corrected chi connectivity index (χ1v) is 5.94. The maximum atomic E-state index is 10.5. The number of nitrogens with zero attached hydrogens (tertiary/aromatic N) is 3. The molecule has 0 atom stereocenters. The third-order valence-corrected chi connectivity index (χ3v) is 3.05. The minimum atomic E-state index is -0.796. The van der Waals surface area contributed by atoms with E-state index in [4.69, 9.17) is 5.11 Å². The number of carboxylic acids is 1. The average molecular weight is 235 g/mol. The Kier molecular flexibility index (Phi) is 3.56. The van der Waals surface area contributed by atoms with E-state index in [0.29, 0.717) is 12.5 Å². The Balaban J connectivity index is 2.08. The van der Waals surface area contributed by atoms with Gasteiger partial charge in [-0.25, -0.2) is 9.97 Å². The van der Waals surface area contributed by atoms with Gasteiger partial charge in [0.25, 0.3) is 0 Å². The summed E-state index contributed by atoms with van der Waals surface area (Å²) in [5, 5.41) is 8.63. The summed E-state index contributed by atoms with van der Waals surface area (Å²) in [6.07, 6.45) is 6.46. The molecule has 0 bridgehead atoms. The van der Waals surface area contributed by atoms with Gasteiger partial charge in [0.1, 0.15) is 0 Å². The van der Waals surface area contributed by atoms with Crippen LogP contribution in [0.3, 0.4) is 0 Å². The van der Waals surface area contributed by atoms with Gasteiger partial charge in [-0.15, -0.1) is 0 Å². The predicted octanol–water partition coefficient (Wildman–Crippen LogP) is 1.27. The van der Waals surface area contributed by atoms with Crippen LogP contribution in [0.25, 0.3) is 0 Å². The summed E-state index contributed by atoms with van der Waals surface area (Å²) >= 11 is 0. The molecule has 1 aromatic rings. The first-order chi connectivity index (χ1) is 8.16. The average Bonchev–Trinajstić information content (AvgIpc) is 2.35. The molecule has 0 aliphatic heterocycles. The van der Waals surface area contributed by atoms with E-state index in [0.717, 1.165) is 18.5 Å². The van der Waals surface area contributed by atoms with E-state index in [9.17, 15) is 4.79 Å². The van der Waals surface area contributed by atoms with Crippen molar-refractivity contribution < 1.29 is 9.90 Å². The summed E-state index contributed by atoms with van der Waals surface area (Å²) in [7, 11) is 1.83. The van der Waals surface area contributed by atoms with Crippen LogP contribution in [0, 0.1) is 0 Å². The zero-order valence-corrected chi connectivity index (χ0v) is 10.0. The van der Waals surface area contributed by atoms with Crippen LogP contribution in [0.4, 0.5) is 5.95 Å². The minimum absolute atomic E-state index is 0.108. The monoisotopic (exact) mass is 235 g/mol. The van der Waals surface area contributed by atoms with Crippen LogP contribution in [0.15, 0.2) is 6.20 Å². The fourth-order valence-electron chi connectivity index (χ4n) is 2.01. The summed E-state index contributed by atoms with van der Waals surface area (Å²) in [5.74, 6) is -0.165. The molecule has 92 valence electrons. The molecule has 0 saturated heterocycles. The first kappa shape index (κ1) is 11.8. The SMILES string of the molecule is CN(CCC(=O)O)c1ncc2c(n1)CCCC2. The maximum absolute atomic E-state index is 10.5. The highest BCUT2D eigenvalue weighted by Gasteiger charge is 2.14. The summed E-state index contributed by atoms with van der Waals surface area (Å²) in [6.45, 7) is 0.439. The zero-order chi connectivity index (χ0) is 12.3. The highest BCUT2D eigenvalue weighted by atomic mass is 16.4. The largest absolute Gasteiger partial charge is 0.481 e. The van der Waals surface area contributed by atoms with E-state index in [1.54, 1.807) is 4.90 Å². The van der Waals surface area contributed by atoms with Crippen LogP contribution in [-0.2, 0) is 17.6 Å². The summed E-state index contributed by atoms with van der Waals surface area (Å²) in [6, 6.07) is 0. The van der Waals surface area contributed by atoms with Gasteiger partial charge in [0.05, 0.1) is 6.42 Å². The van der Waals surface area contributed by atoms with Gasteiger partial charge in [-0.3, -0.25) is 4.79 Å². The van der Waals surface area contributed by atoms with Crippen molar-refractivity contribution in [3.8, 4) is 0 Å². The number of carbonyl (C=O) groups is 1. The normalized spacial score (nSPS) is 14.2. The molecule has 1 heterocycles.